The molecule has 7 heteroatoms. The Bertz CT molecular complexity index is 375. The molecule has 1 aromatic heterocycles. The van der Waals surface area contributed by atoms with E-state index in [1.54, 1.807) is 11.0 Å². The molecule has 0 aliphatic heterocycles. The van der Waals surface area contributed by atoms with Gasteiger partial charge >= 0.3 is 0 Å². The van der Waals surface area contributed by atoms with Crippen LogP contribution in [0.1, 0.15) is 12.7 Å². The zero-order chi connectivity index (χ0) is 12.1. The summed E-state index contributed by atoms with van der Waals surface area (Å²) in [6, 6.07) is 0. The Balaban J connectivity index is 3.02. The molecule has 0 amide bonds. The fourth-order valence-corrected chi connectivity index (χ4v) is 1.34. The van der Waals surface area contributed by atoms with Crippen LogP contribution in [0.15, 0.2) is 5.88 Å². The molecule has 0 saturated heterocycles. The third-order valence-electron chi connectivity index (χ3n) is 1.58. The maximum atomic E-state index is 5.66. The molecule has 1 rings (SSSR count). The summed E-state index contributed by atoms with van der Waals surface area (Å²) in [6.45, 7) is 2.45. The summed E-state index contributed by atoms with van der Waals surface area (Å²) in [7, 11) is 3.71. The van der Waals surface area contributed by atoms with Crippen molar-refractivity contribution in [3.8, 4) is 0 Å². The first-order valence-electron chi connectivity index (χ1n) is 4.61. The van der Waals surface area contributed by atoms with Gasteiger partial charge in [-0.2, -0.15) is 15.0 Å². The zero-order valence-electron chi connectivity index (χ0n) is 9.24. The van der Waals surface area contributed by atoms with Gasteiger partial charge in [-0.1, -0.05) is 0 Å². The Kier molecular flexibility index (Phi) is 4.76. The van der Waals surface area contributed by atoms with E-state index in [9.17, 15) is 0 Å². The van der Waals surface area contributed by atoms with Crippen molar-refractivity contribution in [2.75, 3.05) is 20.7 Å². The number of ether oxygens (including phenoxy) is 1. The summed E-state index contributed by atoms with van der Waals surface area (Å²) in [5, 5.41) is 0.113. The summed E-state index contributed by atoms with van der Waals surface area (Å²) < 4.78 is 5.39. The van der Waals surface area contributed by atoms with Gasteiger partial charge in [-0.25, -0.2) is 0 Å². The quantitative estimate of drug-likeness (QED) is 0.778. The molecule has 16 heavy (non-hydrogen) atoms. The van der Waals surface area contributed by atoms with E-state index >= 15 is 0 Å². The van der Waals surface area contributed by atoms with Gasteiger partial charge in [0, 0.05) is 20.2 Å². The summed E-state index contributed by atoms with van der Waals surface area (Å²) in [6.07, 6.45) is 1.64. The van der Waals surface area contributed by atoms with Crippen LogP contribution in [-0.4, -0.2) is 40.6 Å². The molecular formula is C9H12Cl2N4O. The molecule has 0 N–H and O–H groups in total. The van der Waals surface area contributed by atoms with Crippen LogP contribution in [0.2, 0.25) is 10.6 Å². The first kappa shape index (κ1) is 13.0. The minimum atomic E-state index is 0.0563. The van der Waals surface area contributed by atoms with E-state index in [-0.39, 0.29) is 10.6 Å². The minimum absolute atomic E-state index is 0.0563. The Morgan fingerprint density at radius 3 is 2.25 bits per heavy atom. The number of hydrogen-bond donors (Lipinski definition) is 0. The molecule has 5 nitrogen and oxygen atoms in total. The minimum Gasteiger partial charge on any atom is -0.479 e. The smallest absolute Gasteiger partial charge is 0.227 e. The lowest BCUT2D eigenvalue weighted by molar-refractivity contribution is 0.156. The van der Waals surface area contributed by atoms with Crippen molar-refractivity contribution in [3.63, 3.8) is 0 Å². The number of nitrogens with zero attached hydrogens (tertiary/aromatic N) is 4. The van der Waals surface area contributed by atoms with Gasteiger partial charge in [0.2, 0.25) is 10.6 Å². The Labute approximate surface area is 104 Å². The van der Waals surface area contributed by atoms with Crippen LogP contribution in [0.3, 0.4) is 0 Å². The van der Waals surface area contributed by atoms with Crippen LogP contribution in [0, 0.1) is 0 Å². The third kappa shape index (κ3) is 3.83. The molecule has 0 saturated carbocycles. The molecule has 88 valence electrons. The first-order chi connectivity index (χ1) is 7.52. The highest BCUT2D eigenvalue weighted by Gasteiger charge is 2.05. The zero-order valence-corrected chi connectivity index (χ0v) is 10.7. The molecule has 0 aliphatic rings. The van der Waals surface area contributed by atoms with Crippen LogP contribution >= 0.6 is 23.2 Å². The maximum absolute atomic E-state index is 5.66. The molecule has 1 aromatic rings. The molecule has 1 heterocycles. The van der Waals surface area contributed by atoms with E-state index in [0.717, 1.165) is 0 Å². The molecule has 0 spiro atoms. The lowest BCUT2D eigenvalue weighted by Crippen LogP contribution is -2.14. The summed E-state index contributed by atoms with van der Waals surface area (Å²) in [5.41, 5.74) is 0. The van der Waals surface area contributed by atoms with Gasteiger partial charge in [0.1, 0.15) is 0 Å². The second kappa shape index (κ2) is 5.86. The third-order valence-corrected chi connectivity index (χ3v) is 1.92. The van der Waals surface area contributed by atoms with E-state index in [0.29, 0.717) is 18.3 Å². The van der Waals surface area contributed by atoms with Gasteiger partial charge in [0.15, 0.2) is 11.7 Å². The standard InChI is InChI=1S/C9H12Cl2N4O/c1-4-16-7(15(2)3)5-6-12-8(10)14-9(11)13-6/h5H,4H2,1-3H3/b7-5-. The molecular weight excluding hydrogens is 251 g/mol. The van der Waals surface area contributed by atoms with Crippen LogP contribution in [0.5, 0.6) is 0 Å². The van der Waals surface area contributed by atoms with E-state index in [4.69, 9.17) is 27.9 Å². The maximum Gasteiger partial charge on any atom is 0.227 e. The van der Waals surface area contributed by atoms with Crippen molar-refractivity contribution < 1.29 is 4.74 Å². The van der Waals surface area contributed by atoms with Crippen molar-refractivity contribution in [1.29, 1.82) is 0 Å². The second-order valence-electron chi connectivity index (χ2n) is 3.04. The normalized spacial score (nSPS) is 11.4. The summed E-state index contributed by atoms with van der Waals surface area (Å²) in [5.74, 6) is 0.989. The largest absolute Gasteiger partial charge is 0.479 e. The highest BCUT2D eigenvalue weighted by Crippen LogP contribution is 2.11. The highest BCUT2D eigenvalue weighted by atomic mass is 35.5. The topological polar surface area (TPSA) is 51.1 Å². The number of rotatable bonds is 4. The lowest BCUT2D eigenvalue weighted by atomic mass is 10.5. The number of aromatic nitrogens is 3. The molecule has 0 atom stereocenters. The van der Waals surface area contributed by atoms with Gasteiger partial charge in [-0.15, -0.1) is 0 Å². The molecule has 0 fully saturated rings. The summed E-state index contributed by atoms with van der Waals surface area (Å²) >= 11 is 11.3. The monoisotopic (exact) mass is 262 g/mol. The number of hydrogen-bond acceptors (Lipinski definition) is 5. The second-order valence-corrected chi connectivity index (χ2v) is 3.72. The van der Waals surface area contributed by atoms with Crippen LogP contribution < -0.4 is 0 Å². The van der Waals surface area contributed by atoms with Gasteiger partial charge < -0.3 is 9.64 Å². The van der Waals surface area contributed by atoms with Gasteiger partial charge in [-0.3, -0.25) is 0 Å². The molecule has 0 radical (unpaired) electrons. The molecule has 0 aliphatic carbocycles. The highest BCUT2D eigenvalue weighted by molar-refractivity contribution is 6.31. The van der Waals surface area contributed by atoms with Gasteiger partial charge in [-0.05, 0) is 30.1 Å². The van der Waals surface area contributed by atoms with Crippen molar-refractivity contribution >= 4 is 29.3 Å². The Hall–Kier alpha value is -1.07. The first-order valence-corrected chi connectivity index (χ1v) is 5.37. The predicted octanol–water partition coefficient (Wildman–Crippen LogP) is 2.07. The fourth-order valence-electron chi connectivity index (χ4n) is 0.963. The average molecular weight is 263 g/mol. The van der Waals surface area contributed by atoms with E-state index in [1.165, 1.54) is 0 Å². The van der Waals surface area contributed by atoms with Crippen molar-refractivity contribution in [2.24, 2.45) is 0 Å². The molecule has 0 bridgehead atoms. The van der Waals surface area contributed by atoms with Crippen LogP contribution in [-0.2, 0) is 4.74 Å². The van der Waals surface area contributed by atoms with Crippen molar-refractivity contribution in [2.45, 2.75) is 6.92 Å². The summed E-state index contributed by atoms with van der Waals surface area (Å²) in [4.78, 5) is 13.3. The predicted molar refractivity (Wildman–Crippen MR) is 63.1 cm³/mol. The number of halogens is 2. The van der Waals surface area contributed by atoms with E-state index in [1.807, 2.05) is 21.0 Å². The average Bonchev–Trinajstić information content (AvgIpc) is 2.15. The molecule has 0 aromatic carbocycles. The Morgan fingerprint density at radius 1 is 1.25 bits per heavy atom. The lowest BCUT2D eigenvalue weighted by Gasteiger charge is -2.16. The van der Waals surface area contributed by atoms with Crippen molar-refractivity contribution in [3.05, 3.63) is 22.3 Å². The fraction of sp³-hybridized carbons (Fsp3) is 0.444. The SMILES string of the molecule is CCO/C(=C\c1nc(Cl)nc(Cl)n1)N(C)C. The van der Waals surface area contributed by atoms with Crippen LogP contribution in [0.25, 0.3) is 6.08 Å². The Morgan fingerprint density at radius 2 is 1.81 bits per heavy atom. The van der Waals surface area contributed by atoms with E-state index < -0.39 is 0 Å². The van der Waals surface area contributed by atoms with Crippen LogP contribution in [0.4, 0.5) is 0 Å². The van der Waals surface area contributed by atoms with Gasteiger partial charge in [0.25, 0.3) is 0 Å². The van der Waals surface area contributed by atoms with E-state index in [2.05, 4.69) is 15.0 Å². The van der Waals surface area contributed by atoms with Gasteiger partial charge in [0.05, 0.1) is 6.61 Å². The molecule has 0 unspecified atom stereocenters. The van der Waals surface area contributed by atoms with Crippen molar-refractivity contribution in [1.82, 2.24) is 19.9 Å².